The smallest absolute Gasteiger partial charge is 0.248 e. The maximum atomic E-state index is 11.1. The lowest BCUT2D eigenvalue weighted by molar-refractivity contribution is 1.28. The second kappa shape index (κ2) is 2.62. The molecule has 0 aliphatic carbocycles. The Morgan fingerprint density at radius 2 is 2.08 bits per heavy atom. The molecular formula is C10H10N2O. The first-order valence-corrected chi connectivity index (χ1v) is 4.06. The summed E-state index contributed by atoms with van der Waals surface area (Å²) in [6.07, 6.45) is 0. The van der Waals surface area contributed by atoms with E-state index in [1.165, 1.54) is 0 Å². The van der Waals surface area contributed by atoms with Crippen LogP contribution in [0.15, 0.2) is 29.1 Å². The van der Waals surface area contributed by atoms with E-state index in [4.69, 9.17) is 5.73 Å². The van der Waals surface area contributed by atoms with Gasteiger partial charge < -0.3 is 10.7 Å². The van der Waals surface area contributed by atoms with Crippen LogP contribution in [0.4, 0.5) is 5.69 Å². The number of hydrogen-bond acceptors (Lipinski definition) is 2. The SMILES string of the molecule is Cc1cc(=O)[nH]c2ccc(N)cc12. The summed E-state index contributed by atoms with van der Waals surface area (Å²) in [5.74, 6) is 0. The van der Waals surface area contributed by atoms with Crippen molar-refractivity contribution in [3.05, 3.63) is 40.2 Å². The molecule has 3 nitrogen and oxygen atoms in total. The molecule has 0 saturated heterocycles. The number of nitrogens with one attached hydrogen (secondary N) is 1. The fourth-order valence-electron chi connectivity index (χ4n) is 1.44. The molecule has 0 aliphatic rings. The average Bonchev–Trinajstić information content (AvgIpc) is 2.06. The van der Waals surface area contributed by atoms with Crippen LogP contribution in [-0.2, 0) is 0 Å². The molecule has 0 fully saturated rings. The highest BCUT2D eigenvalue weighted by Crippen LogP contribution is 2.16. The molecule has 0 saturated carbocycles. The van der Waals surface area contributed by atoms with Crippen LogP contribution in [0.25, 0.3) is 10.9 Å². The van der Waals surface area contributed by atoms with Gasteiger partial charge in [0.15, 0.2) is 0 Å². The Hall–Kier alpha value is -1.77. The molecule has 0 atom stereocenters. The molecule has 1 heterocycles. The van der Waals surface area contributed by atoms with E-state index in [0.717, 1.165) is 16.5 Å². The number of aromatic nitrogens is 1. The summed E-state index contributed by atoms with van der Waals surface area (Å²) in [7, 11) is 0. The number of nitrogens with two attached hydrogens (primary N) is 1. The van der Waals surface area contributed by atoms with Crippen molar-refractivity contribution >= 4 is 16.6 Å². The molecule has 0 amide bonds. The summed E-state index contributed by atoms with van der Waals surface area (Å²) in [4.78, 5) is 13.8. The van der Waals surface area contributed by atoms with Gasteiger partial charge in [0.05, 0.1) is 0 Å². The molecule has 3 N–H and O–H groups in total. The number of H-pyrrole nitrogens is 1. The molecule has 3 heteroatoms. The maximum Gasteiger partial charge on any atom is 0.248 e. The third-order valence-corrected chi connectivity index (χ3v) is 2.07. The van der Waals surface area contributed by atoms with E-state index in [0.29, 0.717) is 5.69 Å². The van der Waals surface area contributed by atoms with E-state index in [2.05, 4.69) is 4.98 Å². The van der Waals surface area contributed by atoms with Crippen LogP contribution < -0.4 is 11.3 Å². The monoisotopic (exact) mass is 174 g/mol. The van der Waals surface area contributed by atoms with E-state index >= 15 is 0 Å². The van der Waals surface area contributed by atoms with Crippen LogP contribution in [0, 0.1) is 6.92 Å². The van der Waals surface area contributed by atoms with Gasteiger partial charge in [0.25, 0.3) is 0 Å². The topological polar surface area (TPSA) is 58.9 Å². The largest absolute Gasteiger partial charge is 0.399 e. The van der Waals surface area contributed by atoms with Crippen molar-refractivity contribution in [2.45, 2.75) is 6.92 Å². The Labute approximate surface area is 75.2 Å². The van der Waals surface area contributed by atoms with E-state index < -0.39 is 0 Å². The summed E-state index contributed by atoms with van der Waals surface area (Å²) >= 11 is 0. The number of hydrogen-bond donors (Lipinski definition) is 2. The third-order valence-electron chi connectivity index (χ3n) is 2.07. The minimum atomic E-state index is -0.0743. The highest BCUT2D eigenvalue weighted by molar-refractivity contribution is 5.84. The van der Waals surface area contributed by atoms with Crippen LogP contribution in [-0.4, -0.2) is 4.98 Å². The lowest BCUT2D eigenvalue weighted by Crippen LogP contribution is -2.04. The highest BCUT2D eigenvalue weighted by atomic mass is 16.1. The highest BCUT2D eigenvalue weighted by Gasteiger charge is 1.98. The molecule has 0 aliphatic heterocycles. The maximum absolute atomic E-state index is 11.1. The van der Waals surface area contributed by atoms with Crippen LogP contribution in [0.2, 0.25) is 0 Å². The fraction of sp³-hybridized carbons (Fsp3) is 0.100. The first kappa shape index (κ1) is 7.86. The zero-order valence-electron chi connectivity index (χ0n) is 7.29. The van der Waals surface area contributed by atoms with Crippen molar-refractivity contribution in [1.29, 1.82) is 0 Å². The summed E-state index contributed by atoms with van der Waals surface area (Å²) in [5, 5.41) is 1.000. The molecule has 1 aromatic heterocycles. The quantitative estimate of drug-likeness (QED) is 0.593. The number of anilines is 1. The third kappa shape index (κ3) is 1.28. The van der Waals surface area contributed by atoms with Crippen molar-refractivity contribution in [1.82, 2.24) is 4.98 Å². The average molecular weight is 174 g/mol. The molecule has 1 aromatic carbocycles. The number of benzene rings is 1. The number of aryl methyl sites for hydroxylation is 1. The molecule has 0 bridgehead atoms. The molecule has 2 rings (SSSR count). The van der Waals surface area contributed by atoms with E-state index in [1.807, 2.05) is 19.1 Å². The summed E-state index contributed by atoms with van der Waals surface area (Å²) in [5.41, 5.74) is 8.06. The minimum absolute atomic E-state index is 0.0743. The molecule has 0 radical (unpaired) electrons. The molecule has 0 spiro atoms. The Morgan fingerprint density at radius 3 is 2.85 bits per heavy atom. The van der Waals surface area contributed by atoms with Crippen molar-refractivity contribution in [3.8, 4) is 0 Å². The standard InChI is InChI=1S/C10H10N2O/c1-6-4-10(13)12-9-3-2-7(11)5-8(6)9/h2-5H,11H2,1H3,(H,12,13). The van der Waals surface area contributed by atoms with Crippen molar-refractivity contribution in [3.63, 3.8) is 0 Å². The van der Waals surface area contributed by atoms with Crippen molar-refractivity contribution in [2.75, 3.05) is 5.73 Å². The Bertz CT molecular complexity index is 514. The zero-order chi connectivity index (χ0) is 9.42. The Morgan fingerprint density at radius 1 is 1.31 bits per heavy atom. The molecule has 0 unspecified atom stereocenters. The Kier molecular flexibility index (Phi) is 1.59. The van der Waals surface area contributed by atoms with Gasteiger partial charge in [-0.25, -0.2) is 0 Å². The lowest BCUT2D eigenvalue weighted by atomic mass is 10.1. The summed E-state index contributed by atoms with van der Waals surface area (Å²) in [6, 6.07) is 7.03. The molecular weight excluding hydrogens is 164 g/mol. The number of nitrogen functional groups attached to an aromatic ring is 1. The van der Waals surface area contributed by atoms with Crippen LogP contribution in [0.5, 0.6) is 0 Å². The normalized spacial score (nSPS) is 10.5. The molecule has 13 heavy (non-hydrogen) atoms. The van der Waals surface area contributed by atoms with Gasteiger partial charge in [-0.05, 0) is 30.7 Å². The van der Waals surface area contributed by atoms with E-state index in [-0.39, 0.29) is 5.56 Å². The van der Waals surface area contributed by atoms with Crippen molar-refractivity contribution in [2.24, 2.45) is 0 Å². The fourth-order valence-corrected chi connectivity index (χ4v) is 1.44. The van der Waals surface area contributed by atoms with E-state index in [1.54, 1.807) is 12.1 Å². The van der Waals surface area contributed by atoms with Crippen LogP contribution in [0.1, 0.15) is 5.56 Å². The van der Waals surface area contributed by atoms with E-state index in [9.17, 15) is 4.79 Å². The van der Waals surface area contributed by atoms with Crippen molar-refractivity contribution < 1.29 is 0 Å². The van der Waals surface area contributed by atoms with Gasteiger partial charge in [0, 0.05) is 22.7 Å². The number of pyridine rings is 1. The number of fused-ring (bicyclic) bond motifs is 1. The van der Waals surface area contributed by atoms with Gasteiger partial charge >= 0.3 is 0 Å². The second-order valence-corrected chi connectivity index (χ2v) is 3.12. The summed E-state index contributed by atoms with van der Waals surface area (Å²) < 4.78 is 0. The Balaban J connectivity index is 2.95. The van der Waals surface area contributed by atoms with Gasteiger partial charge in [-0.3, -0.25) is 4.79 Å². The predicted molar refractivity (Wildman–Crippen MR) is 53.7 cm³/mol. The van der Waals surface area contributed by atoms with Crippen LogP contribution in [0.3, 0.4) is 0 Å². The second-order valence-electron chi connectivity index (χ2n) is 3.12. The lowest BCUT2D eigenvalue weighted by Gasteiger charge is -2.01. The zero-order valence-corrected chi connectivity index (χ0v) is 7.29. The summed E-state index contributed by atoms with van der Waals surface area (Å²) in [6.45, 7) is 1.90. The van der Waals surface area contributed by atoms with Gasteiger partial charge in [-0.2, -0.15) is 0 Å². The van der Waals surface area contributed by atoms with Gasteiger partial charge in [0.2, 0.25) is 5.56 Å². The molecule has 2 aromatic rings. The molecule has 66 valence electrons. The van der Waals surface area contributed by atoms with Gasteiger partial charge in [0.1, 0.15) is 0 Å². The first-order valence-electron chi connectivity index (χ1n) is 4.06. The first-order chi connectivity index (χ1) is 6.16. The van der Waals surface area contributed by atoms with Crippen LogP contribution >= 0.6 is 0 Å². The predicted octanol–water partition coefficient (Wildman–Crippen LogP) is 1.42. The van der Waals surface area contributed by atoms with Gasteiger partial charge in [-0.15, -0.1) is 0 Å². The minimum Gasteiger partial charge on any atom is -0.399 e. The number of rotatable bonds is 0. The van der Waals surface area contributed by atoms with Gasteiger partial charge in [-0.1, -0.05) is 0 Å². The number of aromatic amines is 1.